The summed E-state index contributed by atoms with van der Waals surface area (Å²) >= 11 is 1.65. The Hall–Kier alpha value is -2.59. The van der Waals surface area contributed by atoms with Crippen molar-refractivity contribution in [3.63, 3.8) is 0 Å². The van der Waals surface area contributed by atoms with Gasteiger partial charge in [0.15, 0.2) is 0 Å². The van der Waals surface area contributed by atoms with Gasteiger partial charge in [-0.1, -0.05) is 36.4 Å². The van der Waals surface area contributed by atoms with Crippen LogP contribution in [0.25, 0.3) is 0 Å². The minimum absolute atomic E-state index is 0.0720. The minimum Gasteiger partial charge on any atom is -0.353 e. The number of nitro groups is 1. The van der Waals surface area contributed by atoms with E-state index in [0.29, 0.717) is 12.3 Å². The quantitative estimate of drug-likeness (QED) is 0.348. The fraction of sp³-hybridized carbons (Fsp3) is 0.316. The number of thioether (sulfide) groups is 1. The van der Waals surface area contributed by atoms with Gasteiger partial charge in [-0.15, -0.1) is 0 Å². The van der Waals surface area contributed by atoms with Crippen LogP contribution < -0.4 is 9.62 Å². The Kier molecular flexibility index (Phi) is 8.03. The van der Waals surface area contributed by atoms with Crippen LogP contribution in [-0.4, -0.2) is 43.8 Å². The van der Waals surface area contributed by atoms with Crippen molar-refractivity contribution in [1.82, 2.24) is 5.32 Å². The number of rotatable bonds is 10. The van der Waals surface area contributed by atoms with Crippen LogP contribution >= 0.6 is 11.8 Å². The van der Waals surface area contributed by atoms with Crippen molar-refractivity contribution in [2.75, 3.05) is 22.9 Å². The standard InChI is InChI=1S/C19H23N3O5S2/c1-15(19(23)20-11-12-28-14-16-7-4-3-5-8-16)21(29(2,26)27)17-9-6-10-18(13-17)22(24)25/h3-10,13,15H,11-12,14H2,1-2H3,(H,20,23)/t15-/m0/s1. The van der Waals surface area contributed by atoms with Gasteiger partial charge in [-0.25, -0.2) is 8.42 Å². The summed E-state index contributed by atoms with van der Waals surface area (Å²) < 4.78 is 25.4. The van der Waals surface area contributed by atoms with E-state index in [-0.39, 0.29) is 11.4 Å². The van der Waals surface area contributed by atoms with E-state index in [4.69, 9.17) is 0 Å². The van der Waals surface area contributed by atoms with Crippen LogP contribution in [0.3, 0.4) is 0 Å². The summed E-state index contributed by atoms with van der Waals surface area (Å²) in [4.78, 5) is 22.9. The van der Waals surface area contributed by atoms with Crippen LogP contribution in [0.1, 0.15) is 12.5 Å². The summed E-state index contributed by atoms with van der Waals surface area (Å²) in [6, 6.07) is 14.1. The molecule has 0 heterocycles. The van der Waals surface area contributed by atoms with Gasteiger partial charge in [0.1, 0.15) is 6.04 Å². The predicted molar refractivity (Wildman–Crippen MR) is 115 cm³/mol. The van der Waals surface area contributed by atoms with Crippen LogP contribution in [0.2, 0.25) is 0 Å². The molecule has 2 rings (SSSR count). The van der Waals surface area contributed by atoms with Crippen molar-refractivity contribution in [2.45, 2.75) is 18.7 Å². The lowest BCUT2D eigenvalue weighted by Crippen LogP contribution is -2.48. The molecular weight excluding hydrogens is 414 g/mol. The molecule has 0 saturated carbocycles. The van der Waals surface area contributed by atoms with Gasteiger partial charge in [-0.3, -0.25) is 19.2 Å². The normalized spacial score (nSPS) is 12.2. The van der Waals surface area contributed by atoms with Crippen molar-refractivity contribution >= 4 is 39.1 Å². The second-order valence-electron chi connectivity index (χ2n) is 6.34. The topological polar surface area (TPSA) is 110 Å². The highest BCUT2D eigenvalue weighted by Gasteiger charge is 2.29. The van der Waals surface area contributed by atoms with Crippen molar-refractivity contribution in [3.05, 3.63) is 70.3 Å². The molecule has 0 aromatic heterocycles. The van der Waals surface area contributed by atoms with E-state index in [2.05, 4.69) is 5.32 Å². The highest BCUT2D eigenvalue weighted by molar-refractivity contribution is 7.98. The van der Waals surface area contributed by atoms with Gasteiger partial charge in [-0.05, 0) is 18.6 Å². The highest BCUT2D eigenvalue weighted by atomic mass is 32.2. The van der Waals surface area contributed by atoms with E-state index < -0.39 is 26.9 Å². The van der Waals surface area contributed by atoms with Gasteiger partial charge >= 0.3 is 0 Å². The molecule has 0 aliphatic heterocycles. The molecule has 0 aliphatic carbocycles. The zero-order valence-electron chi connectivity index (χ0n) is 16.1. The third-order valence-electron chi connectivity index (χ3n) is 4.04. The molecule has 0 radical (unpaired) electrons. The lowest BCUT2D eigenvalue weighted by Gasteiger charge is -2.28. The number of carbonyl (C=O) groups is 1. The van der Waals surface area contributed by atoms with Crippen LogP contribution in [-0.2, 0) is 20.6 Å². The second kappa shape index (κ2) is 10.3. The third-order valence-corrected chi connectivity index (χ3v) is 6.31. The SMILES string of the molecule is C[C@@H](C(=O)NCCSCc1ccccc1)N(c1cccc([N+](=O)[O-])c1)S(C)(=O)=O. The van der Waals surface area contributed by atoms with Crippen molar-refractivity contribution in [2.24, 2.45) is 0 Å². The van der Waals surface area contributed by atoms with Gasteiger partial charge in [-0.2, -0.15) is 11.8 Å². The summed E-state index contributed by atoms with van der Waals surface area (Å²) in [6.07, 6.45) is 0.964. The number of hydrogen-bond acceptors (Lipinski definition) is 6. The van der Waals surface area contributed by atoms with E-state index in [1.807, 2.05) is 30.3 Å². The second-order valence-corrected chi connectivity index (χ2v) is 9.31. The number of nitrogens with one attached hydrogen (secondary N) is 1. The van der Waals surface area contributed by atoms with Crippen LogP contribution in [0, 0.1) is 10.1 Å². The monoisotopic (exact) mass is 437 g/mol. The van der Waals surface area contributed by atoms with E-state index in [1.165, 1.54) is 30.7 Å². The molecule has 0 saturated heterocycles. The number of amides is 1. The summed E-state index contributed by atoms with van der Waals surface area (Å²) in [5.41, 5.74) is 1.01. The molecule has 0 spiro atoms. The molecule has 1 N–H and O–H groups in total. The Morgan fingerprint density at radius 2 is 1.90 bits per heavy atom. The zero-order chi connectivity index (χ0) is 21.4. The largest absolute Gasteiger partial charge is 0.353 e. The Morgan fingerprint density at radius 3 is 2.52 bits per heavy atom. The first-order valence-electron chi connectivity index (χ1n) is 8.83. The van der Waals surface area contributed by atoms with Gasteiger partial charge < -0.3 is 5.32 Å². The first-order valence-corrected chi connectivity index (χ1v) is 11.8. The van der Waals surface area contributed by atoms with Crippen LogP contribution in [0.4, 0.5) is 11.4 Å². The Bertz CT molecular complexity index is 951. The van der Waals surface area contributed by atoms with Crippen molar-refractivity contribution < 1.29 is 18.1 Å². The number of nitrogens with zero attached hydrogens (tertiary/aromatic N) is 2. The maximum Gasteiger partial charge on any atom is 0.271 e. The average Bonchev–Trinajstić information content (AvgIpc) is 2.67. The van der Waals surface area contributed by atoms with E-state index in [1.54, 1.807) is 11.8 Å². The molecule has 2 aromatic rings. The molecule has 0 unspecified atom stereocenters. The molecule has 0 fully saturated rings. The molecule has 8 nitrogen and oxygen atoms in total. The maximum atomic E-state index is 12.5. The molecule has 1 amide bonds. The molecule has 156 valence electrons. The smallest absolute Gasteiger partial charge is 0.271 e. The summed E-state index contributed by atoms with van der Waals surface area (Å²) in [6.45, 7) is 1.83. The number of anilines is 1. The lowest BCUT2D eigenvalue weighted by molar-refractivity contribution is -0.384. The Balaban J connectivity index is 1.98. The first kappa shape index (κ1) is 22.7. The van der Waals surface area contributed by atoms with Crippen molar-refractivity contribution in [3.8, 4) is 0 Å². The number of benzene rings is 2. The average molecular weight is 438 g/mol. The van der Waals surface area contributed by atoms with Crippen molar-refractivity contribution in [1.29, 1.82) is 0 Å². The van der Waals surface area contributed by atoms with Gasteiger partial charge in [0.2, 0.25) is 15.9 Å². The first-order chi connectivity index (χ1) is 13.7. The third kappa shape index (κ3) is 6.75. The molecule has 1 atom stereocenters. The maximum absolute atomic E-state index is 12.5. The summed E-state index contributed by atoms with van der Waals surface area (Å²) in [5, 5.41) is 13.7. The van der Waals surface area contributed by atoms with E-state index >= 15 is 0 Å². The molecule has 0 bridgehead atoms. The zero-order valence-corrected chi connectivity index (χ0v) is 17.8. The number of carbonyl (C=O) groups excluding carboxylic acids is 1. The van der Waals surface area contributed by atoms with E-state index in [9.17, 15) is 23.3 Å². The number of nitro benzene ring substituents is 1. The molecule has 29 heavy (non-hydrogen) atoms. The van der Waals surface area contributed by atoms with Crippen LogP contribution in [0.15, 0.2) is 54.6 Å². The Morgan fingerprint density at radius 1 is 1.21 bits per heavy atom. The molecule has 10 heteroatoms. The summed E-state index contributed by atoms with van der Waals surface area (Å²) in [7, 11) is -3.83. The predicted octanol–water partition coefficient (Wildman–Crippen LogP) is 2.80. The molecule has 0 aliphatic rings. The number of hydrogen-bond donors (Lipinski definition) is 1. The molecular formula is C19H23N3O5S2. The van der Waals surface area contributed by atoms with Crippen LogP contribution in [0.5, 0.6) is 0 Å². The van der Waals surface area contributed by atoms with Gasteiger partial charge in [0.25, 0.3) is 5.69 Å². The van der Waals surface area contributed by atoms with Gasteiger partial charge in [0, 0.05) is 30.2 Å². The minimum atomic E-state index is -3.83. The van der Waals surface area contributed by atoms with Gasteiger partial charge in [0.05, 0.1) is 16.9 Å². The highest BCUT2D eigenvalue weighted by Crippen LogP contribution is 2.25. The Labute approximate surface area is 174 Å². The lowest BCUT2D eigenvalue weighted by atomic mass is 10.2. The molecule has 2 aromatic carbocycles. The fourth-order valence-corrected chi connectivity index (χ4v) is 4.70. The number of non-ortho nitro benzene ring substituents is 1. The van der Waals surface area contributed by atoms with E-state index in [0.717, 1.165) is 22.4 Å². The fourth-order valence-electron chi connectivity index (χ4n) is 2.71. The summed E-state index contributed by atoms with van der Waals surface area (Å²) in [5.74, 6) is 1.01. The number of sulfonamides is 1.